The zero-order valence-corrected chi connectivity index (χ0v) is 12.3. The van der Waals surface area contributed by atoms with Crippen LogP contribution in [0.25, 0.3) is 0 Å². The minimum Gasteiger partial charge on any atom is -0.305 e. The first-order valence-electron chi connectivity index (χ1n) is 5.62. The van der Waals surface area contributed by atoms with Gasteiger partial charge in [0.25, 0.3) is 0 Å². The molecule has 0 saturated heterocycles. The van der Waals surface area contributed by atoms with Crippen LogP contribution in [0, 0.1) is 0 Å². The third-order valence-corrected chi connectivity index (χ3v) is 4.09. The molecule has 2 aromatic heterocycles. The minimum absolute atomic E-state index is 0.164. The van der Waals surface area contributed by atoms with Crippen LogP contribution < -0.4 is 5.32 Å². The number of nitrogens with one attached hydrogen (secondary N) is 1. The molecule has 2 heterocycles. The van der Waals surface area contributed by atoms with Gasteiger partial charge in [0.2, 0.25) is 0 Å². The molecule has 2 aromatic rings. The Morgan fingerprint density at radius 3 is 2.94 bits per heavy atom. The highest BCUT2D eigenvalue weighted by Crippen LogP contribution is 2.28. The second-order valence-electron chi connectivity index (χ2n) is 3.65. The van der Waals surface area contributed by atoms with Gasteiger partial charge in [-0.25, -0.2) is 4.68 Å². The van der Waals surface area contributed by atoms with Gasteiger partial charge in [-0.2, -0.15) is 0 Å². The van der Waals surface area contributed by atoms with E-state index in [1.807, 2.05) is 10.9 Å². The van der Waals surface area contributed by atoms with Crippen molar-refractivity contribution in [3.05, 3.63) is 32.7 Å². The molecule has 17 heavy (non-hydrogen) atoms. The lowest BCUT2D eigenvalue weighted by molar-refractivity contribution is 0.535. The summed E-state index contributed by atoms with van der Waals surface area (Å²) in [5.41, 5.74) is 2.36. The number of hydrogen-bond acceptors (Lipinski definition) is 4. The van der Waals surface area contributed by atoms with Crippen molar-refractivity contribution < 1.29 is 0 Å². The predicted octanol–water partition coefficient (Wildman–Crippen LogP) is 2.82. The lowest BCUT2D eigenvalue weighted by Gasteiger charge is -2.17. The Hall–Kier alpha value is -0.720. The third-order valence-electron chi connectivity index (χ3n) is 2.57. The van der Waals surface area contributed by atoms with Crippen molar-refractivity contribution in [2.45, 2.75) is 26.4 Å². The molecule has 92 valence electrons. The van der Waals surface area contributed by atoms with Crippen LogP contribution in [0.3, 0.4) is 0 Å². The van der Waals surface area contributed by atoms with Crippen molar-refractivity contribution in [2.75, 3.05) is 6.54 Å². The first kappa shape index (κ1) is 12.7. The molecule has 0 bridgehead atoms. The first-order chi connectivity index (χ1) is 8.26. The van der Waals surface area contributed by atoms with Crippen molar-refractivity contribution in [3.63, 3.8) is 0 Å². The molecule has 2 rings (SSSR count). The molecular weight excluding hydrogens is 300 g/mol. The van der Waals surface area contributed by atoms with Gasteiger partial charge in [-0.3, -0.25) is 0 Å². The molecule has 0 fully saturated rings. The number of halogens is 1. The highest BCUT2D eigenvalue weighted by Gasteiger charge is 2.18. The van der Waals surface area contributed by atoms with Crippen LogP contribution in [0.2, 0.25) is 0 Å². The number of aryl methyl sites for hydroxylation is 1. The Bertz CT molecular complexity index is 479. The molecule has 0 spiro atoms. The van der Waals surface area contributed by atoms with Crippen molar-refractivity contribution in [1.29, 1.82) is 0 Å². The fourth-order valence-corrected chi connectivity index (χ4v) is 3.01. The van der Waals surface area contributed by atoms with Crippen molar-refractivity contribution in [3.8, 4) is 0 Å². The van der Waals surface area contributed by atoms with Gasteiger partial charge in [0, 0.05) is 6.54 Å². The molecule has 0 aliphatic heterocycles. The Kier molecular flexibility index (Phi) is 4.31. The van der Waals surface area contributed by atoms with E-state index in [0.29, 0.717) is 0 Å². The molecule has 1 N–H and O–H groups in total. The van der Waals surface area contributed by atoms with Crippen molar-refractivity contribution >= 4 is 27.3 Å². The lowest BCUT2D eigenvalue weighted by atomic mass is 10.1. The molecule has 0 amide bonds. The standard InChI is InChI=1S/C11H15BrN4S/c1-3-13-11(8-5-10(12)17-7-8)9-6-14-15-16(9)4-2/h5-7,11,13H,3-4H2,1-2H3. The molecular formula is C11H15BrN4S. The van der Waals surface area contributed by atoms with Crippen LogP contribution in [0.1, 0.15) is 31.1 Å². The summed E-state index contributed by atoms with van der Waals surface area (Å²) in [6.45, 7) is 5.93. The minimum atomic E-state index is 0.164. The largest absolute Gasteiger partial charge is 0.305 e. The van der Waals surface area contributed by atoms with Crippen LogP contribution in [0.5, 0.6) is 0 Å². The Morgan fingerprint density at radius 1 is 1.53 bits per heavy atom. The van der Waals surface area contributed by atoms with E-state index in [0.717, 1.165) is 22.6 Å². The first-order valence-corrected chi connectivity index (χ1v) is 7.29. The summed E-state index contributed by atoms with van der Waals surface area (Å²) < 4.78 is 3.07. The van der Waals surface area contributed by atoms with E-state index < -0.39 is 0 Å². The normalized spacial score (nSPS) is 12.9. The highest BCUT2D eigenvalue weighted by atomic mass is 79.9. The van der Waals surface area contributed by atoms with Crippen LogP contribution in [0.15, 0.2) is 21.4 Å². The van der Waals surface area contributed by atoms with Gasteiger partial charge in [0.05, 0.1) is 21.7 Å². The number of aromatic nitrogens is 3. The fraction of sp³-hybridized carbons (Fsp3) is 0.455. The monoisotopic (exact) mass is 314 g/mol. The molecule has 0 aliphatic rings. The summed E-state index contributed by atoms with van der Waals surface area (Å²) in [5.74, 6) is 0. The van der Waals surface area contributed by atoms with Gasteiger partial charge in [-0.15, -0.1) is 16.4 Å². The average molecular weight is 315 g/mol. The maximum absolute atomic E-state index is 4.09. The van der Waals surface area contributed by atoms with E-state index >= 15 is 0 Å². The van der Waals surface area contributed by atoms with Gasteiger partial charge < -0.3 is 5.32 Å². The summed E-state index contributed by atoms with van der Waals surface area (Å²) in [6, 6.07) is 2.31. The fourth-order valence-electron chi connectivity index (χ4n) is 1.81. The molecule has 0 radical (unpaired) electrons. The maximum Gasteiger partial charge on any atom is 0.0802 e. The van der Waals surface area contributed by atoms with Gasteiger partial charge in [-0.05, 0) is 46.4 Å². The SMILES string of the molecule is CCNC(c1csc(Br)c1)c1cnnn1CC. The predicted molar refractivity (Wildman–Crippen MR) is 73.2 cm³/mol. The maximum atomic E-state index is 4.09. The Labute approximate surface area is 113 Å². The summed E-state index contributed by atoms with van der Waals surface area (Å²) in [7, 11) is 0. The second-order valence-corrected chi connectivity index (χ2v) is 5.94. The summed E-state index contributed by atoms with van der Waals surface area (Å²) in [4.78, 5) is 0. The number of hydrogen-bond donors (Lipinski definition) is 1. The topological polar surface area (TPSA) is 42.7 Å². The van der Waals surface area contributed by atoms with E-state index in [9.17, 15) is 0 Å². The van der Waals surface area contributed by atoms with E-state index in [2.05, 4.69) is 56.9 Å². The second kappa shape index (κ2) is 5.75. The van der Waals surface area contributed by atoms with E-state index in [-0.39, 0.29) is 6.04 Å². The summed E-state index contributed by atoms with van der Waals surface area (Å²) in [5, 5.41) is 13.7. The van der Waals surface area contributed by atoms with Crippen molar-refractivity contribution in [1.82, 2.24) is 20.3 Å². The van der Waals surface area contributed by atoms with Crippen LogP contribution in [-0.4, -0.2) is 21.5 Å². The summed E-state index contributed by atoms with van der Waals surface area (Å²) in [6.07, 6.45) is 1.84. The van der Waals surface area contributed by atoms with Crippen LogP contribution in [0.4, 0.5) is 0 Å². The Balaban J connectivity index is 2.35. The number of nitrogens with zero attached hydrogens (tertiary/aromatic N) is 3. The summed E-state index contributed by atoms with van der Waals surface area (Å²) >= 11 is 5.20. The molecule has 4 nitrogen and oxygen atoms in total. The average Bonchev–Trinajstić information content (AvgIpc) is 2.94. The quantitative estimate of drug-likeness (QED) is 0.922. The van der Waals surface area contributed by atoms with E-state index in [4.69, 9.17) is 0 Å². The highest BCUT2D eigenvalue weighted by molar-refractivity contribution is 9.11. The van der Waals surface area contributed by atoms with E-state index in [1.165, 1.54) is 5.56 Å². The molecule has 0 aliphatic carbocycles. The smallest absolute Gasteiger partial charge is 0.0802 e. The van der Waals surface area contributed by atoms with Crippen LogP contribution in [-0.2, 0) is 6.54 Å². The molecule has 1 atom stereocenters. The van der Waals surface area contributed by atoms with Gasteiger partial charge in [0.15, 0.2) is 0 Å². The lowest BCUT2D eigenvalue weighted by Crippen LogP contribution is -2.24. The number of rotatable bonds is 5. The zero-order valence-electron chi connectivity index (χ0n) is 9.85. The van der Waals surface area contributed by atoms with Crippen molar-refractivity contribution in [2.24, 2.45) is 0 Å². The number of thiophene rings is 1. The van der Waals surface area contributed by atoms with Gasteiger partial charge in [0.1, 0.15) is 0 Å². The molecule has 1 unspecified atom stereocenters. The van der Waals surface area contributed by atoms with Crippen LogP contribution >= 0.6 is 27.3 Å². The van der Waals surface area contributed by atoms with Gasteiger partial charge in [-0.1, -0.05) is 12.1 Å². The molecule has 6 heteroatoms. The molecule has 0 aromatic carbocycles. The van der Waals surface area contributed by atoms with Gasteiger partial charge >= 0.3 is 0 Å². The zero-order chi connectivity index (χ0) is 12.3. The Morgan fingerprint density at radius 2 is 2.35 bits per heavy atom. The molecule has 0 saturated carbocycles. The van der Waals surface area contributed by atoms with E-state index in [1.54, 1.807) is 11.3 Å². The third kappa shape index (κ3) is 2.75.